The SMILES string of the molecule is COc1ccc(N/N=C/C(=N)C(C)(C)c2ccccc2)cc1OC. The van der Waals surface area contributed by atoms with Gasteiger partial charge in [0.1, 0.15) is 0 Å². The Bertz CT molecular complexity index is 725. The molecule has 0 spiro atoms. The molecule has 2 aromatic carbocycles. The molecule has 24 heavy (non-hydrogen) atoms. The molecule has 0 saturated carbocycles. The van der Waals surface area contributed by atoms with E-state index in [4.69, 9.17) is 14.9 Å². The van der Waals surface area contributed by atoms with Crippen molar-refractivity contribution in [3.63, 3.8) is 0 Å². The molecule has 5 heteroatoms. The molecule has 0 radical (unpaired) electrons. The number of nitrogens with one attached hydrogen (secondary N) is 2. The summed E-state index contributed by atoms with van der Waals surface area (Å²) >= 11 is 0. The second-order valence-electron chi connectivity index (χ2n) is 5.84. The van der Waals surface area contributed by atoms with Crippen LogP contribution in [0, 0.1) is 5.41 Å². The molecule has 0 heterocycles. The van der Waals surface area contributed by atoms with E-state index >= 15 is 0 Å². The van der Waals surface area contributed by atoms with Gasteiger partial charge in [-0.15, -0.1) is 0 Å². The third-order valence-electron chi connectivity index (χ3n) is 3.94. The Morgan fingerprint density at radius 2 is 1.71 bits per heavy atom. The van der Waals surface area contributed by atoms with Crippen molar-refractivity contribution in [1.29, 1.82) is 5.41 Å². The van der Waals surface area contributed by atoms with Gasteiger partial charge >= 0.3 is 0 Å². The predicted molar refractivity (Wildman–Crippen MR) is 98.9 cm³/mol. The molecule has 2 aromatic rings. The Morgan fingerprint density at radius 3 is 2.33 bits per heavy atom. The van der Waals surface area contributed by atoms with E-state index < -0.39 is 5.41 Å². The summed E-state index contributed by atoms with van der Waals surface area (Å²) < 4.78 is 10.5. The summed E-state index contributed by atoms with van der Waals surface area (Å²) in [5.74, 6) is 1.28. The minimum atomic E-state index is -0.413. The Morgan fingerprint density at radius 1 is 1.04 bits per heavy atom. The third kappa shape index (κ3) is 3.93. The van der Waals surface area contributed by atoms with Crippen molar-refractivity contribution in [3.05, 3.63) is 54.1 Å². The Kier molecular flexibility index (Phi) is 5.58. The van der Waals surface area contributed by atoms with Gasteiger partial charge in [0.25, 0.3) is 0 Å². The molecule has 0 aliphatic heterocycles. The molecular weight excluding hydrogens is 302 g/mol. The lowest BCUT2D eigenvalue weighted by Gasteiger charge is -2.24. The molecule has 126 valence electrons. The maximum atomic E-state index is 8.30. The fourth-order valence-corrected chi connectivity index (χ4v) is 2.25. The van der Waals surface area contributed by atoms with Crippen LogP contribution in [-0.2, 0) is 5.41 Å². The van der Waals surface area contributed by atoms with Crippen molar-refractivity contribution in [2.24, 2.45) is 5.10 Å². The normalized spacial score (nSPS) is 11.3. The van der Waals surface area contributed by atoms with E-state index in [1.165, 1.54) is 6.21 Å². The number of rotatable bonds is 7. The molecule has 0 atom stereocenters. The van der Waals surface area contributed by atoms with Crippen molar-refractivity contribution < 1.29 is 9.47 Å². The largest absolute Gasteiger partial charge is 0.493 e. The number of anilines is 1. The average Bonchev–Trinajstić information content (AvgIpc) is 2.62. The van der Waals surface area contributed by atoms with Gasteiger partial charge in [0.15, 0.2) is 11.5 Å². The van der Waals surface area contributed by atoms with Gasteiger partial charge in [0.2, 0.25) is 0 Å². The number of hydrogen-bond donors (Lipinski definition) is 2. The predicted octanol–water partition coefficient (Wildman–Crippen LogP) is 4.10. The van der Waals surface area contributed by atoms with Crippen LogP contribution < -0.4 is 14.9 Å². The fourth-order valence-electron chi connectivity index (χ4n) is 2.25. The van der Waals surface area contributed by atoms with Crippen molar-refractivity contribution in [2.75, 3.05) is 19.6 Å². The van der Waals surface area contributed by atoms with E-state index in [1.807, 2.05) is 50.2 Å². The van der Waals surface area contributed by atoms with Crippen LogP contribution in [0.3, 0.4) is 0 Å². The second kappa shape index (κ2) is 7.64. The minimum absolute atomic E-state index is 0.413. The number of nitrogens with zero attached hydrogens (tertiary/aromatic N) is 1. The zero-order chi connectivity index (χ0) is 17.6. The molecule has 2 rings (SSSR count). The molecule has 0 aliphatic rings. The first-order chi connectivity index (χ1) is 11.5. The highest BCUT2D eigenvalue weighted by atomic mass is 16.5. The lowest BCUT2D eigenvalue weighted by atomic mass is 9.80. The van der Waals surface area contributed by atoms with Gasteiger partial charge in [0, 0.05) is 11.5 Å². The van der Waals surface area contributed by atoms with Crippen LogP contribution in [0.2, 0.25) is 0 Å². The van der Waals surface area contributed by atoms with Crippen LogP contribution in [-0.4, -0.2) is 26.1 Å². The molecule has 0 aliphatic carbocycles. The van der Waals surface area contributed by atoms with E-state index in [1.54, 1.807) is 26.4 Å². The molecular formula is C19H23N3O2. The standard InChI is InChI=1S/C19H23N3O2/c1-19(2,14-8-6-5-7-9-14)18(20)13-21-22-15-10-11-16(23-3)17(12-15)24-4/h5-13,20,22H,1-4H3/b20-18?,21-13+. The molecule has 0 bridgehead atoms. The molecule has 5 nitrogen and oxygen atoms in total. The van der Waals surface area contributed by atoms with Crippen molar-refractivity contribution in [2.45, 2.75) is 19.3 Å². The van der Waals surface area contributed by atoms with E-state index in [0.717, 1.165) is 11.3 Å². The van der Waals surface area contributed by atoms with Gasteiger partial charge in [-0.25, -0.2) is 0 Å². The van der Waals surface area contributed by atoms with Crippen molar-refractivity contribution in [3.8, 4) is 11.5 Å². The van der Waals surface area contributed by atoms with E-state index in [0.29, 0.717) is 17.2 Å². The van der Waals surface area contributed by atoms with E-state index in [-0.39, 0.29) is 0 Å². The third-order valence-corrected chi connectivity index (χ3v) is 3.94. The zero-order valence-corrected chi connectivity index (χ0v) is 14.5. The van der Waals surface area contributed by atoms with Crippen molar-refractivity contribution >= 4 is 17.6 Å². The number of hydrogen-bond acceptors (Lipinski definition) is 5. The van der Waals surface area contributed by atoms with Crippen LogP contribution in [0.15, 0.2) is 53.6 Å². The quantitative estimate of drug-likeness (QED) is 0.595. The molecule has 2 N–H and O–H groups in total. The topological polar surface area (TPSA) is 66.7 Å². The van der Waals surface area contributed by atoms with E-state index in [2.05, 4.69) is 10.5 Å². The summed E-state index contributed by atoms with van der Waals surface area (Å²) in [4.78, 5) is 0. The van der Waals surface area contributed by atoms with Gasteiger partial charge in [-0.2, -0.15) is 5.10 Å². The monoisotopic (exact) mass is 325 g/mol. The zero-order valence-electron chi connectivity index (χ0n) is 14.5. The first-order valence-corrected chi connectivity index (χ1v) is 7.64. The highest BCUT2D eigenvalue weighted by Gasteiger charge is 2.24. The van der Waals surface area contributed by atoms with Gasteiger partial charge in [0.05, 0.1) is 31.8 Å². The fraction of sp³-hybridized carbons (Fsp3) is 0.263. The number of benzene rings is 2. The van der Waals surface area contributed by atoms with Crippen LogP contribution in [0.25, 0.3) is 0 Å². The molecule has 0 fully saturated rings. The Labute approximate surface area is 142 Å². The van der Waals surface area contributed by atoms with Crippen LogP contribution in [0.1, 0.15) is 19.4 Å². The van der Waals surface area contributed by atoms with Crippen LogP contribution >= 0.6 is 0 Å². The van der Waals surface area contributed by atoms with Gasteiger partial charge < -0.3 is 14.9 Å². The van der Waals surface area contributed by atoms with Crippen molar-refractivity contribution in [1.82, 2.24) is 0 Å². The summed E-state index contributed by atoms with van der Waals surface area (Å²) in [6.07, 6.45) is 1.53. The Hall–Kier alpha value is -2.82. The van der Waals surface area contributed by atoms with Crippen LogP contribution in [0.5, 0.6) is 11.5 Å². The van der Waals surface area contributed by atoms with Gasteiger partial charge in [-0.3, -0.25) is 5.43 Å². The summed E-state index contributed by atoms with van der Waals surface area (Å²) in [5, 5.41) is 12.5. The number of methoxy groups -OCH3 is 2. The summed E-state index contributed by atoms with van der Waals surface area (Å²) in [6.45, 7) is 4.01. The van der Waals surface area contributed by atoms with E-state index in [9.17, 15) is 0 Å². The lowest BCUT2D eigenvalue weighted by molar-refractivity contribution is 0.355. The average molecular weight is 325 g/mol. The minimum Gasteiger partial charge on any atom is -0.493 e. The first-order valence-electron chi connectivity index (χ1n) is 7.64. The molecule has 0 unspecified atom stereocenters. The first kappa shape index (κ1) is 17.5. The smallest absolute Gasteiger partial charge is 0.162 e. The highest BCUT2D eigenvalue weighted by molar-refractivity contribution is 6.33. The molecule has 0 saturated heterocycles. The lowest BCUT2D eigenvalue weighted by Crippen LogP contribution is -2.29. The summed E-state index contributed by atoms with van der Waals surface area (Å²) in [7, 11) is 3.18. The summed E-state index contributed by atoms with van der Waals surface area (Å²) in [5.41, 5.74) is 4.76. The molecule has 0 aromatic heterocycles. The summed E-state index contributed by atoms with van der Waals surface area (Å²) in [6, 6.07) is 15.4. The molecule has 0 amide bonds. The van der Waals surface area contributed by atoms with Gasteiger partial charge in [-0.05, 0) is 17.7 Å². The van der Waals surface area contributed by atoms with Gasteiger partial charge in [-0.1, -0.05) is 44.2 Å². The highest BCUT2D eigenvalue weighted by Crippen LogP contribution is 2.29. The van der Waals surface area contributed by atoms with Crippen LogP contribution in [0.4, 0.5) is 5.69 Å². The number of hydrazone groups is 1. The second-order valence-corrected chi connectivity index (χ2v) is 5.84. The Balaban J connectivity index is 2.07. The maximum Gasteiger partial charge on any atom is 0.162 e. The number of ether oxygens (including phenoxy) is 2. The maximum absolute atomic E-state index is 8.30.